The zero-order valence-electron chi connectivity index (χ0n) is 15.0. The Morgan fingerprint density at radius 3 is 2.68 bits per heavy atom. The van der Waals surface area contributed by atoms with E-state index in [1.54, 1.807) is 0 Å². The molecule has 0 aliphatic rings. The summed E-state index contributed by atoms with van der Waals surface area (Å²) in [5.41, 5.74) is 8.60. The first kappa shape index (κ1) is 17.4. The van der Waals surface area contributed by atoms with E-state index in [9.17, 15) is 4.79 Å². The van der Waals surface area contributed by atoms with Gasteiger partial charge in [0.2, 0.25) is 5.91 Å². The first-order valence-corrected chi connectivity index (χ1v) is 9.17. The second-order valence-corrected chi connectivity index (χ2v) is 6.62. The predicted molar refractivity (Wildman–Crippen MR) is 101 cm³/mol. The second-order valence-electron chi connectivity index (χ2n) is 6.62. The van der Waals surface area contributed by atoms with E-state index in [0.717, 1.165) is 66.4 Å². The molecule has 5 nitrogen and oxygen atoms in total. The van der Waals surface area contributed by atoms with Crippen molar-refractivity contribution in [2.24, 2.45) is 11.7 Å². The summed E-state index contributed by atoms with van der Waals surface area (Å²) in [7, 11) is 0. The lowest BCUT2D eigenvalue weighted by atomic mass is 9.99. The van der Waals surface area contributed by atoms with Gasteiger partial charge in [0, 0.05) is 24.3 Å². The molecular formula is C20H26N4O. The Labute approximate surface area is 148 Å². The molecule has 0 fully saturated rings. The molecule has 0 radical (unpaired) electrons. The maximum absolute atomic E-state index is 11.7. The van der Waals surface area contributed by atoms with E-state index in [1.807, 2.05) is 24.4 Å². The number of para-hydroxylation sites is 1. The summed E-state index contributed by atoms with van der Waals surface area (Å²) < 4.78 is 2.27. The normalized spacial score (nSPS) is 12.7. The molecule has 0 saturated heterocycles. The van der Waals surface area contributed by atoms with E-state index < -0.39 is 0 Å². The molecule has 25 heavy (non-hydrogen) atoms. The standard InChI is InChI=1S/C20H26N4O/c1-3-7-14(20(21)25)11-12-24-18(8-4-2)23-17-13-22-16-10-6-5-9-15(16)19(17)24/h5-6,9-10,13-14H,3-4,7-8,11-12H2,1-2H3,(H2,21,25). The van der Waals surface area contributed by atoms with Crippen molar-refractivity contribution >= 4 is 27.8 Å². The number of carbonyl (C=O) groups is 1. The molecule has 1 aromatic carbocycles. The van der Waals surface area contributed by atoms with Crippen molar-refractivity contribution in [3.8, 4) is 0 Å². The van der Waals surface area contributed by atoms with Crippen LogP contribution in [0, 0.1) is 5.92 Å². The summed E-state index contributed by atoms with van der Waals surface area (Å²) in [6.45, 7) is 5.00. The van der Waals surface area contributed by atoms with Gasteiger partial charge in [-0.1, -0.05) is 38.5 Å². The van der Waals surface area contributed by atoms with Crippen molar-refractivity contribution in [3.05, 3.63) is 36.3 Å². The van der Waals surface area contributed by atoms with E-state index in [-0.39, 0.29) is 11.8 Å². The van der Waals surface area contributed by atoms with Gasteiger partial charge in [-0.15, -0.1) is 0 Å². The topological polar surface area (TPSA) is 73.8 Å². The molecule has 0 bridgehead atoms. The molecule has 1 unspecified atom stereocenters. The summed E-state index contributed by atoms with van der Waals surface area (Å²) in [6.07, 6.45) is 6.36. The third-order valence-corrected chi connectivity index (χ3v) is 4.77. The third-order valence-electron chi connectivity index (χ3n) is 4.77. The average Bonchev–Trinajstić information content (AvgIpc) is 2.96. The number of aryl methyl sites for hydroxylation is 2. The van der Waals surface area contributed by atoms with Gasteiger partial charge in [0.15, 0.2) is 0 Å². The number of carbonyl (C=O) groups excluding carboxylic acids is 1. The summed E-state index contributed by atoms with van der Waals surface area (Å²) in [6, 6.07) is 8.15. The fourth-order valence-corrected chi connectivity index (χ4v) is 3.53. The monoisotopic (exact) mass is 338 g/mol. The number of primary amides is 1. The first-order valence-electron chi connectivity index (χ1n) is 9.17. The molecule has 0 saturated carbocycles. The lowest BCUT2D eigenvalue weighted by Gasteiger charge is -2.15. The van der Waals surface area contributed by atoms with Crippen LogP contribution in [-0.4, -0.2) is 20.4 Å². The predicted octanol–water partition coefficient (Wildman–Crippen LogP) is 3.83. The van der Waals surface area contributed by atoms with Gasteiger partial charge in [0.1, 0.15) is 11.3 Å². The first-order chi connectivity index (χ1) is 12.2. The Hall–Kier alpha value is -2.43. The molecule has 2 aromatic heterocycles. The summed E-state index contributed by atoms with van der Waals surface area (Å²) in [5.74, 6) is 0.787. The minimum absolute atomic E-state index is 0.0787. The quantitative estimate of drug-likeness (QED) is 0.678. The van der Waals surface area contributed by atoms with Crippen molar-refractivity contribution < 1.29 is 4.79 Å². The van der Waals surface area contributed by atoms with E-state index in [1.165, 1.54) is 0 Å². The summed E-state index contributed by atoms with van der Waals surface area (Å²) >= 11 is 0. The highest BCUT2D eigenvalue weighted by molar-refractivity contribution is 6.02. The van der Waals surface area contributed by atoms with Crippen LogP contribution in [0.3, 0.4) is 0 Å². The Morgan fingerprint density at radius 1 is 1.16 bits per heavy atom. The van der Waals surface area contributed by atoms with Crippen LogP contribution < -0.4 is 5.73 Å². The van der Waals surface area contributed by atoms with Crippen molar-refractivity contribution in [3.63, 3.8) is 0 Å². The number of rotatable bonds is 8. The Bertz CT molecular complexity index is 884. The van der Waals surface area contributed by atoms with Crippen molar-refractivity contribution in [1.29, 1.82) is 0 Å². The van der Waals surface area contributed by atoms with Crippen LogP contribution in [0.4, 0.5) is 0 Å². The maximum Gasteiger partial charge on any atom is 0.220 e. The highest BCUT2D eigenvalue weighted by atomic mass is 16.1. The molecule has 1 amide bonds. The van der Waals surface area contributed by atoms with Crippen molar-refractivity contribution in [2.75, 3.05) is 0 Å². The number of amides is 1. The Kier molecular flexibility index (Phi) is 5.31. The lowest BCUT2D eigenvalue weighted by molar-refractivity contribution is -0.122. The number of hydrogen-bond donors (Lipinski definition) is 1. The molecule has 0 spiro atoms. The van der Waals surface area contributed by atoms with Gasteiger partial charge < -0.3 is 10.3 Å². The number of pyridine rings is 1. The summed E-state index contributed by atoms with van der Waals surface area (Å²) in [5, 5.41) is 1.11. The van der Waals surface area contributed by atoms with Gasteiger partial charge in [-0.25, -0.2) is 4.98 Å². The van der Waals surface area contributed by atoms with E-state index in [4.69, 9.17) is 10.7 Å². The Balaban J connectivity index is 2.05. The van der Waals surface area contributed by atoms with Gasteiger partial charge in [0.05, 0.1) is 17.2 Å². The van der Waals surface area contributed by atoms with Gasteiger partial charge in [-0.2, -0.15) is 0 Å². The van der Waals surface area contributed by atoms with Crippen LogP contribution in [0.25, 0.3) is 21.9 Å². The lowest BCUT2D eigenvalue weighted by Crippen LogP contribution is -2.24. The molecule has 2 heterocycles. The SMILES string of the molecule is CCCc1nc2cnc3ccccc3c2n1CCC(CCC)C(N)=O. The summed E-state index contributed by atoms with van der Waals surface area (Å²) in [4.78, 5) is 21.1. The zero-order chi connectivity index (χ0) is 17.8. The largest absolute Gasteiger partial charge is 0.369 e. The molecule has 3 rings (SSSR count). The number of aromatic nitrogens is 3. The Morgan fingerprint density at radius 2 is 1.96 bits per heavy atom. The van der Waals surface area contributed by atoms with E-state index >= 15 is 0 Å². The second kappa shape index (κ2) is 7.64. The van der Waals surface area contributed by atoms with Crippen LogP contribution in [-0.2, 0) is 17.8 Å². The van der Waals surface area contributed by atoms with Crippen molar-refractivity contribution in [1.82, 2.24) is 14.5 Å². The van der Waals surface area contributed by atoms with Crippen LogP contribution >= 0.6 is 0 Å². The van der Waals surface area contributed by atoms with E-state index in [2.05, 4.69) is 29.5 Å². The molecule has 0 aliphatic carbocycles. The number of hydrogen-bond acceptors (Lipinski definition) is 3. The number of nitrogens with zero attached hydrogens (tertiary/aromatic N) is 3. The molecular weight excluding hydrogens is 312 g/mol. The van der Waals surface area contributed by atoms with Crippen LogP contribution in [0.5, 0.6) is 0 Å². The third kappa shape index (κ3) is 3.50. The van der Waals surface area contributed by atoms with Gasteiger partial charge >= 0.3 is 0 Å². The average molecular weight is 338 g/mol. The number of nitrogens with two attached hydrogens (primary N) is 1. The fraction of sp³-hybridized carbons (Fsp3) is 0.450. The van der Waals surface area contributed by atoms with Gasteiger partial charge in [0.25, 0.3) is 0 Å². The van der Waals surface area contributed by atoms with Gasteiger partial charge in [-0.05, 0) is 25.3 Å². The minimum atomic E-state index is -0.199. The van der Waals surface area contributed by atoms with Crippen LogP contribution in [0.15, 0.2) is 30.5 Å². The molecule has 1 atom stereocenters. The van der Waals surface area contributed by atoms with E-state index in [0.29, 0.717) is 0 Å². The number of imidazole rings is 1. The van der Waals surface area contributed by atoms with Gasteiger partial charge in [-0.3, -0.25) is 9.78 Å². The zero-order valence-corrected chi connectivity index (χ0v) is 15.0. The number of fused-ring (bicyclic) bond motifs is 3. The fourth-order valence-electron chi connectivity index (χ4n) is 3.53. The molecule has 132 valence electrons. The van der Waals surface area contributed by atoms with Crippen molar-refractivity contribution in [2.45, 2.75) is 52.5 Å². The molecule has 3 aromatic rings. The highest BCUT2D eigenvalue weighted by Crippen LogP contribution is 2.26. The van der Waals surface area contributed by atoms with Crippen LogP contribution in [0.1, 0.15) is 45.4 Å². The minimum Gasteiger partial charge on any atom is -0.369 e. The smallest absolute Gasteiger partial charge is 0.220 e. The molecule has 2 N–H and O–H groups in total. The maximum atomic E-state index is 11.7. The highest BCUT2D eigenvalue weighted by Gasteiger charge is 2.18. The molecule has 5 heteroatoms. The number of benzene rings is 1. The van der Waals surface area contributed by atoms with Crippen LogP contribution in [0.2, 0.25) is 0 Å². The molecule has 0 aliphatic heterocycles.